The molecule has 2 aromatic rings. The van der Waals surface area contributed by atoms with Crippen molar-refractivity contribution < 1.29 is 18.7 Å². The molecule has 1 unspecified atom stereocenters. The lowest BCUT2D eigenvalue weighted by Gasteiger charge is -2.32. The Kier molecular flexibility index (Phi) is 6.28. The van der Waals surface area contributed by atoms with Crippen molar-refractivity contribution in [2.24, 2.45) is 0 Å². The number of fused-ring (bicyclic) bond motifs is 3. The number of carbonyl (C=O) groups excluding carboxylic acids is 1. The molecule has 1 atom stereocenters. The Balaban J connectivity index is 0.00000231. The van der Waals surface area contributed by atoms with Gasteiger partial charge in [0.15, 0.2) is 6.61 Å². The van der Waals surface area contributed by atoms with Crippen LogP contribution in [-0.4, -0.2) is 43.9 Å². The Morgan fingerprint density at radius 1 is 1.26 bits per heavy atom. The second-order valence-corrected chi connectivity index (χ2v) is 8.77. The fraction of sp³-hybridized carbons (Fsp3) is 0.565. The lowest BCUT2D eigenvalue weighted by atomic mass is 9.88. The van der Waals surface area contributed by atoms with Crippen LogP contribution in [0.4, 0.5) is 0 Å². The van der Waals surface area contributed by atoms with E-state index in [-0.39, 0.29) is 42.2 Å². The van der Waals surface area contributed by atoms with Crippen molar-refractivity contribution in [2.45, 2.75) is 57.1 Å². The van der Waals surface area contributed by atoms with Gasteiger partial charge in [0.2, 0.25) is 0 Å². The first kappa shape index (κ1) is 22.1. The van der Waals surface area contributed by atoms with E-state index in [2.05, 4.69) is 10.6 Å². The van der Waals surface area contributed by atoms with Crippen molar-refractivity contribution in [3.8, 4) is 5.75 Å². The van der Waals surface area contributed by atoms with E-state index < -0.39 is 0 Å². The molecule has 3 aliphatic rings. The van der Waals surface area contributed by atoms with Gasteiger partial charge in [-0.15, -0.1) is 12.4 Å². The van der Waals surface area contributed by atoms with E-state index >= 15 is 0 Å². The number of hydrogen-bond acceptors (Lipinski definition) is 6. The van der Waals surface area contributed by atoms with Gasteiger partial charge < -0.3 is 24.5 Å². The predicted molar refractivity (Wildman–Crippen MR) is 119 cm³/mol. The van der Waals surface area contributed by atoms with Crippen LogP contribution in [0.3, 0.4) is 0 Å². The van der Waals surface area contributed by atoms with Crippen LogP contribution in [0.5, 0.6) is 5.75 Å². The third-order valence-corrected chi connectivity index (χ3v) is 6.79. The molecule has 168 valence electrons. The number of benzene rings is 1. The van der Waals surface area contributed by atoms with Gasteiger partial charge in [-0.2, -0.15) is 0 Å². The van der Waals surface area contributed by atoms with Crippen LogP contribution in [0.25, 0.3) is 11.0 Å². The molecule has 1 aromatic carbocycles. The molecule has 2 fully saturated rings. The molecule has 2 aliphatic heterocycles. The Hall–Kier alpha value is -2.09. The van der Waals surface area contributed by atoms with Gasteiger partial charge in [0.1, 0.15) is 11.3 Å². The summed E-state index contributed by atoms with van der Waals surface area (Å²) in [6.45, 7) is 4.27. The summed E-state index contributed by atoms with van der Waals surface area (Å²) < 4.78 is 17.4. The first-order valence-electron chi connectivity index (χ1n) is 10.9. The normalized spacial score (nSPS) is 21.6. The molecule has 1 aromatic heterocycles. The molecule has 1 spiro atoms. The van der Waals surface area contributed by atoms with Crippen molar-refractivity contribution in [2.75, 3.05) is 26.3 Å². The lowest BCUT2D eigenvalue weighted by molar-refractivity contribution is -0.123. The molecule has 1 amide bonds. The Morgan fingerprint density at radius 2 is 2.03 bits per heavy atom. The second kappa shape index (κ2) is 8.81. The standard InChI is InChI=1S/C23H28N2O5.ClH/c1-14-19(6-5-17-16-3-2-4-18(16)22(27)30-21(14)17)28-13-20(26)25-15-11-23(29-12-15)7-9-24-10-8-23;/h5-6,15,24H,2-4,7-13H2,1H3,(H,25,26);1H. The van der Waals surface area contributed by atoms with Gasteiger partial charge >= 0.3 is 5.63 Å². The van der Waals surface area contributed by atoms with Crippen molar-refractivity contribution >= 4 is 29.3 Å². The number of amides is 1. The molecule has 3 heterocycles. The summed E-state index contributed by atoms with van der Waals surface area (Å²) in [5.41, 5.74) is 2.89. The zero-order chi connectivity index (χ0) is 20.7. The summed E-state index contributed by atoms with van der Waals surface area (Å²) in [5, 5.41) is 7.37. The van der Waals surface area contributed by atoms with Crippen LogP contribution in [-0.2, 0) is 22.4 Å². The van der Waals surface area contributed by atoms with Crippen molar-refractivity contribution in [3.63, 3.8) is 0 Å². The summed E-state index contributed by atoms with van der Waals surface area (Å²) in [7, 11) is 0. The Morgan fingerprint density at radius 3 is 2.84 bits per heavy atom. The molecule has 7 nitrogen and oxygen atoms in total. The van der Waals surface area contributed by atoms with E-state index in [1.54, 1.807) is 0 Å². The second-order valence-electron chi connectivity index (χ2n) is 8.77. The molecular weight excluding hydrogens is 420 g/mol. The number of rotatable bonds is 4. The van der Waals surface area contributed by atoms with Gasteiger partial charge in [-0.05, 0) is 76.2 Å². The van der Waals surface area contributed by atoms with Gasteiger partial charge in [0.25, 0.3) is 5.91 Å². The predicted octanol–water partition coefficient (Wildman–Crippen LogP) is 2.42. The van der Waals surface area contributed by atoms with E-state index in [1.807, 2.05) is 19.1 Å². The topological polar surface area (TPSA) is 89.8 Å². The molecule has 2 saturated heterocycles. The Bertz CT molecular complexity index is 1040. The minimum absolute atomic E-state index is 0. The highest BCUT2D eigenvalue weighted by Crippen LogP contribution is 2.34. The van der Waals surface area contributed by atoms with Crippen LogP contribution in [0.2, 0.25) is 0 Å². The number of nitrogens with one attached hydrogen (secondary N) is 2. The van der Waals surface area contributed by atoms with Gasteiger partial charge in [-0.1, -0.05) is 0 Å². The molecule has 0 bridgehead atoms. The maximum absolute atomic E-state index is 12.4. The van der Waals surface area contributed by atoms with Gasteiger partial charge in [-0.25, -0.2) is 4.79 Å². The van der Waals surface area contributed by atoms with Gasteiger partial charge in [0.05, 0.1) is 18.2 Å². The maximum Gasteiger partial charge on any atom is 0.339 e. The summed E-state index contributed by atoms with van der Waals surface area (Å²) in [6, 6.07) is 3.83. The highest BCUT2D eigenvalue weighted by molar-refractivity contribution is 5.86. The first-order valence-corrected chi connectivity index (χ1v) is 10.9. The lowest BCUT2D eigenvalue weighted by Crippen LogP contribution is -2.43. The number of aryl methyl sites for hydroxylation is 2. The molecule has 5 rings (SSSR count). The number of piperidine rings is 1. The highest BCUT2D eigenvalue weighted by Gasteiger charge is 2.41. The molecule has 8 heteroatoms. The number of carbonyl (C=O) groups is 1. The van der Waals surface area contributed by atoms with Crippen LogP contribution in [0, 0.1) is 6.92 Å². The minimum atomic E-state index is -0.249. The largest absolute Gasteiger partial charge is 0.483 e. The highest BCUT2D eigenvalue weighted by atomic mass is 35.5. The summed E-state index contributed by atoms with van der Waals surface area (Å²) in [4.78, 5) is 24.7. The van der Waals surface area contributed by atoms with E-state index in [4.69, 9.17) is 13.9 Å². The Labute approximate surface area is 187 Å². The van der Waals surface area contributed by atoms with Gasteiger partial charge in [0, 0.05) is 16.5 Å². The molecule has 1 aliphatic carbocycles. The van der Waals surface area contributed by atoms with Crippen molar-refractivity contribution in [1.29, 1.82) is 0 Å². The van der Waals surface area contributed by atoms with E-state index in [0.29, 0.717) is 17.9 Å². The first-order chi connectivity index (χ1) is 14.5. The third kappa shape index (κ3) is 4.19. The monoisotopic (exact) mass is 448 g/mol. The van der Waals surface area contributed by atoms with E-state index in [1.165, 1.54) is 0 Å². The summed E-state index contributed by atoms with van der Waals surface area (Å²) >= 11 is 0. The SMILES string of the molecule is Cc1c(OCC(=O)NC2COC3(CCNCC3)C2)ccc2c3c(c(=O)oc12)CCC3.Cl. The fourth-order valence-electron chi connectivity index (χ4n) is 5.20. The minimum Gasteiger partial charge on any atom is -0.483 e. The van der Waals surface area contributed by atoms with Crippen molar-refractivity contribution in [1.82, 2.24) is 10.6 Å². The van der Waals surface area contributed by atoms with Crippen LogP contribution < -0.4 is 21.0 Å². The zero-order valence-electron chi connectivity index (χ0n) is 17.8. The van der Waals surface area contributed by atoms with Crippen LogP contribution in [0.1, 0.15) is 42.4 Å². The zero-order valence-corrected chi connectivity index (χ0v) is 18.6. The average Bonchev–Trinajstić information content (AvgIpc) is 3.37. The van der Waals surface area contributed by atoms with Crippen LogP contribution in [0.15, 0.2) is 21.3 Å². The molecule has 31 heavy (non-hydrogen) atoms. The van der Waals surface area contributed by atoms with Crippen LogP contribution >= 0.6 is 12.4 Å². The van der Waals surface area contributed by atoms with Gasteiger partial charge in [-0.3, -0.25) is 4.79 Å². The number of ether oxygens (including phenoxy) is 2. The molecule has 0 saturated carbocycles. The molecule has 2 N–H and O–H groups in total. The quantitative estimate of drug-likeness (QED) is 0.698. The summed E-state index contributed by atoms with van der Waals surface area (Å²) in [5.74, 6) is 0.403. The fourth-order valence-corrected chi connectivity index (χ4v) is 5.20. The number of hydrogen-bond donors (Lipinski definition) is 2. The third-order valence-electron chi connectivity index (χ3n) is 6.79. The average molecular weight is 449 g/mol. The van der Waals surface area contributed by atoms with E-state index in [0.717, 1.165) is 73.7 Å². The summed E-state index contributed by atoms with van der Waals surface area (Å²) in [6.07, 6.45) is 5.50. The number of halogens is 1. The van der Waals surface area contributed by atoms with E-state index in [9.17, 15) is 9.59 Å². The van der Waals surface area contributed by atoms with Crippen molar-refractivity contribution in [3.05, 3.63) is 39.2 Å². The molecule has 0 radical (unpaired) electrons. The smallest absolute Gasteiger partial charge is 0.339 e. The molecular formula is C23H29ClN2O5. The maximum atomic E-state index is 12.4.